The van der Waals surface area contributed by atoms with Crippen LogP contribution in [0.5, 0.6) is 5.75 Å². The third-order valence-corrected chi connectivity index (χ3v) is 7.00. The summed E-state index contributed by atoms with van der Waals surface area (Å²) in [5.74, 6) is 1.69. The largest absolute Gasteiger partial charge is 0.481 e. The molecule has 0 bridgehead atoms. The predicted octanol–water partition coefficient (Wildman–Crippen LogP) is 2.68. The van der Waals surface area contributed by atoms with Crippen molar-refractivity contribution >= 4 is 45.9 Å². The van der Waals surface area contributed by atoms with Gasteiger partial charge < -0.3 is 24.4 Å². The van der Waals surface area contributed by atoms with Gasteiger partial charge in [0.25, 0.3) is 5.91 Å². The summed E-state index contributed by atoms with van der Waals surface area (Å²) in [6.45, 7) is 6.03. The molecule has 174 valence electrons. The van der Waals surface area contributed by atoms with Crippen molar-refractivity contribution in [3.8, 4) is 5.75 Å². The molecule has 1 aliphatic rings. The number of nitrogens with one attached hydrogen (secondary N) is 1. The molecule has 4 rings (SSSR count). The molecule has 12 heteroatoms. The number of carbonyl (C=O) groups is 2. The average Bonchev–Trinajstić information content (AvgIpc) is 3.47. The van der Waals surface area contributed by atoms with E-state index in [1.54, 1.807) is 19.9 Å². The van der Waals surface area contributed by atoms with Crippen molar-refractivity contribution in [2.75, 3.05) is 42.1 Å². The number of para-hydroxylation sites is 1. The number of benzene rings is 1. The molecule has 2 amide bonds. The van der Waals surface area contributed by atoms with Gasteiger partial charge in [-0.25, -0.2) is 0 Å². The summed E-state index contributed by atoms with van der Waals surface area (Å²) in [5.41, 5.74) is 0. The molecular weight excluding hydrogens is 464 g/mol. The molecule has 0 radical (unpaired) electrons. The summed E-state index contributed by atoms with van der Waals surface area (Å²) < 4.78 is 11.4. The average molecular weight is 489 g/mol. The van der Waals surface area contributed by atoms with E-state index in [0.29, 0.717) is 47.8 Å². The molecule has 1 N–H and O–H groups in total. The van der Waals surface area contributed by atoms with E-state index in [4.69, 9.17) is 9.26 Å². The highest BCUT2D eigenvalue weighted by atomic mass is 32.2. The van der Waals surface area contributed by atoms with Gasteiger partial charge in [-0.1, -0.05) is 46.5 Å². The Balaban J connectivity index is 1.22. The van der Waals surface area contributed by atoms with Gasteiger partial charge in [-0.3, -0.25) is 9.59 Å². The Bertz CT molecular complexity index is 1080. The molecule has 1 aromatic carbocycles. The lowest BCUT2D eigenvalue weighted by Gasteiger charge is -2.35. The number of piperazine rings is 1. The Morgan fingerprint density at radius 1 is 1.21 bits per heavy atom. The van der Waals surface area contributed by atoms with E-state index < -0.39 is 6.10 Å². The summed E-state index contributed by atoms with van der Waals surface area (Å²) in [7, 11) is 0. The zero-order valence-corrected chi connectivity index (χ0v) is 19.9. The second-order valence-electron chi connectivity index (χ2n) is 7.40. The fourth-order valence-corrected chi connectivity index (χ4v) is 4.94. The van der Waals surface area contributed by atoms with Crippen molar-refractivity contribution in [3.63, 3.8) is 0 Å². The fourth-order valence-electron chi connectivity index (χ4n) is 3.25. The molecule has 1 aliphatic heterocycles. The number of anilines is 2. The number of aryl methyl sites for hydroxylation is 1. The molecule has 0 saturated carbocycles. The number of ether oxygens (including phenoxy) is 1. The molecule has 0 aliphatic carbocycles. The van der Waals surface area contributed by atoms with Crippen LogP contribution in [0, 0.1) is 6.92 Å². The lowest BCUT2D eigenvalue weighted by atomic mass is 10.2. The highest BCUT2D eigenvalue weighted by Gasteiger charge is 2.27. The topological polar surface area (TPSA) is 114 Å². The molecule has 0 spiro atoms. The van der Waals surface area contributed by atoms with Crippen LogP contribution in [0.3, 0.4) is 0 Å². The van der Waals surface area contributed by atoms with E-state index in [1.165, 1.54) is 23.1 Å². The van der Waals surface area contributed by atoms with Crippen molar-refractivity contribution in [2.24, 2.45) is 0 Å². The summed E-state index contributed by atoms with van der Waals surface area (Å²) in [4.78, 5) is 28.7. The van der Waals surface area contributed by atoms with Gasteiger partial charge >= 0.3 is 0 Å². The normalized spacial score (nSPS) is 14.7. The number of carbonyl (C=O) groups excluding carboxylic acids is 2. The van der Waals surface area contributed by atoms with Crippen LogP contribution in [0.4, 0.5) is 10.9 Å². The first-order valence-electron chi connectivity index (χ1n) is 10.4. The lowest BCUT2D eigenvalue weighted by molar-refractivity contribution is -0.138. The number of amides is 2. The van der Waals surface area contributed by atoms with Gasteiger partial charge in [-0.05, 0) is 26.0 Å². The zero-order valence-electron chi connectivity index (χ0n) is 18.3. The first-order valence-corrected chi connectivity index (χ1v) is 12.2. The lowest BCUT2D eigenvalue weighted by Crippen LogP contribution is -2.52. The van der Waals surface area contributed by atoms with Crippen molar-refractivity contribution in [2.45, 2.75) is 24.3 Å². The number of rotatable bonds is 8. The van der Waals surface area contributed by atoms with Crippen LogP contribution in [0.15, 0.2) is 45.3 Å². The molecule has 3 heterocycles. The maximum absolute atomic E-state index is 12.7. The van der Waals surface area contributed by atoms with Crippen molar-refractivity contribution in [3.05, 3.63) is 42.2 Å². The monoisotopic (exact) mass is 488 g/mol. The summed E-state index contributed by atoms with van der Waals surface area (Å²) in [5, 5.41) is 15.6. The number of thioether (sulfide) groups is 1. The van der Waals surface area contributed by atoms with Gasteiger partial charge in [0.1, 0.15) is 11.5 Å². The summed E-state index contributed by atoms with van der Waals surface area (Å²) in [6.07, 6.45) is -0.546. The highest BCUT2D eigenvalue weighted by molar-refractivity contribution is 8.01. The van der Waals surface area contributed by atoms with E-state index in [1.807, 2.05) is 35.2 Å². The van der Waals surface area contributed by atoms with E-state index in [0.717, 1.165) is 5.13 Å². The molecule has 2 aromatic heterocycles. The maximum Gasteiger partial charge on any atom is 0.263 e. The first kappa shape index (κ1) is 23.1. The molecule has 3 aromatic rings. The molecule has 1 fully saturated rings. The predicted molar refractivity (Wildman–Crippen MR) is 126 cm³/mol. The number of hydrogen-bond acceptors (Lipinski definition) is 10. The minimum absolute atomic E-state index is 0.0275. The van der Waals surface area contributed by atoms with E-state index in [9.17, 15) is 9.59 Å². The van der Waals surface area contributed by atoms with Gasteiger partial charge in [-0.2, -0.15) is 0 Å². The quantitative estimate of drug-likeness (QED) is 0.478. The van der Waals surface area contributed by atoms with E-state index >= 15 is 0 Å². The number of nitrogens with zero attached hydrogens (tertiary/aromatic N) is 5. The van der Waals surface area contributed by atoms with E-state index in [-0.39, 0.29) is 17.6 Å². The van der Waals surface area contributed by atoms with Gasteiger partial charge in [-0.15, -0.1) is 10.2 Å². The zero-order chi connectivity index (χ0) is 23.2. The molecule has 1 saturated heterocycles. The second-order valence-corrected chi connectivity index (χ2v) is 9.57. The Hall–Kier alpha value is -3.12. The SMILES string of the molecule is Cc1cc(NC(=O)CSc2nnc(N3CCN(C(=O)[C@@H](C)Oc4ccccc4)CC3)s2)no1. The minimum Gasteiger partial charge on any atom is -0.481 e. The third-order valence-electron chi connectivity index (χ3n) is 4.88. The van der Waals surface area contributed by atoms with E-state index in [2.05, 4.69) is 25.6 Å². The van der Waals surface area contributed by atoms with Crippen LogP contribution in [-0.2, 0) is 9.59 Å². The van der Waals surface area contributed by atoms with Crippen LogP contribution < -0.4 is 15.0 Å². The van der Waals surface area contributed by atoms with Crippen molar-refractivity contribution in [1.82, 2.24) is 20.3 Å². The standard InChI is InChI=1S/C21H24N6O4S2/c1-14-12-17(25-31-14)22-18(28)13-32-21-24-23-20(33-21)27-10-8-26(9-11-27)19(29)15(2)30-16-6-4-3-5-7-16/h3-7,12,15H,8-11,13H2,1-2H3,(H,22,25,28)/t15-/m1/s1. The molecule has 0 unspecified atom stereocenters. The fraction of sp³-hybridized carbons (Fsp3) is 0.381. The van der Waals surface area contributed by atoms with Crippen molar-refractivity contribution in [1.29, 1.82) is 0 Å². The first-order chi connectivity index (χ1) is 16.0. The number of aromatic nitrogens is 3. The molecule has 10 nitrogen and oxygen atoms in total. The summed E-state index contributed by atoms with van der Waals surface area (Å²) >= 11 is 2.75. The Labute approximate surface area is 199 Å². The molecule has 1 atom stereocenters. The van der Waals surface area contributed by atoms with Gasteiger partial charge in [0, 0.05) is 32.2 Å². The van der Waals surface area contributed by atoms with Gasteiger partial charge in [0.15, 0.2) is 16.3 Å². The second kappa shape index (κ2) is 10.7. The highest BCUT2D eigenvalue weighted by Crippen LogP contribution is 2.29. The Morgan fingerprint density at radius 2 is 1.97 bits per heavy atom. The van der Waals surface area contributed by atoms with Crippen molar-refractivity contribution < 1.29 is 18.8 Å². The van der Waals surface area contributed by atoms with Gasteiger partial charge in [0.05, 0.1) is 5.75 Å². The Kier molecular flexibility index (Phi) is 7.45. The van der Waals surface area contributed by atoms with Crippen LogP contribution in [0.2, 0.25) is 0 Å². The molecule has 33 heavy (non-hydrogen) atoms. The molecular formula is C21H24N6O4S2. The van der Waals surface area contributed by atoms with Crippen LogP contribution >= 0.6 is 23.1 Å². The summed E-state index contributed by atoms with van der Waals surface area (Å²) in [6, 6.07) is 11.0. The van der Waals surface area contributed by atoms with Crippen LogP contribution in [0.25, 0.3) is 0 Å². The van der Waals surface area contributed by atoms with Crippen LogP contribution in [0.1, 0.15) is 12.7 Å². The van der Waals surface area contributed by atoms with Crippen LogP contribution in [-0.4, -0.2) is 70.1 Å². The number of hydrogen-bond donors (Lipinski definition) is 1. The maximum atomic E-state index is 12.7. The van der Waals surface area contributed by atoms with Gasteiger partial charge in [0.2, 0.25) is 11.0 Å². The third kappa shape index (κ3) is 6.23. The Morgan fingerprint density at radius 3 is 2.67 bits per heavy atom. The smallest absolute Gasteiger partial charge is 0.263 e. The minimum atomic E-state index is -0.546.